The van der Waals surface area contributed by atoms with E-state index in [9.17, 15) is 13.2 Å². The smallest absolute Gasteiger partial charge is 0.264 e. The van der Waals surface area contributed by atoms with Gasteiger partial charge in [-0.3, -0.25) is 9.10 Å². The molecule has 0 N–H and O–H groups in total. The van der Waals surface area contributed by atoms with Crippen molar-refractivity contribution in [3.63, 3.8) is 0 Å². The van der Waals surface area contributed by atoms with E-state index in [1.54, 1.807) is 48.5 Å². The zero-order valence-electron chi connectivity index (χ0n) is 11.1. The molecule has 0 amide bonds. The van der Waals surface area contributed by atoms with Crippen LogP contribution in [0.5, 0.6) is 0 Å². The van der Waals surface area contributed by atoms with Gasteiger partial charge in [-0.25, -0.2) is 8.42 Å². The third-order valence-corrected chi connectivity index (χ3v) is 4.53. The maximum atomic E-state index is 12.6. The molecule has 0 aliphatic heterocycles. The standard InChI is InChI=1S/C15H15NO3S/c1-13(17)12-16(14-8-4-2-5-9-14)20(18,19)15-10-6-3-7-11-15/h2-11H,12H2,1H3. The summed E-state index contributed by atoms with van der Waals surface area (Å²) < 4.78 is 26.4. The van der Waals surface area contributed by atoms with Gasteiger partial charge in [0.1, 0.15) is 5.78 Å². The lowest BCUT2D eigenvalue weighted by Crippen LogP contribution is -2.35. The number of carbonyl (C=O) groups is 1. The Hall–Kier alpha value is -2.14. The van der Waals surface area contributed by atoms with Crippen LogP contribution in [0.1, 0.15) is 6.92 Å². The number of Topliss-reactive ketones (excluding diaryl/α,β-unsaturated/α-hetero) is 1. The molecule has 0 saturated heterocycles. The second kappa shape index (κ2) is 5.88. The van der Waals surface area contributed by atoms with Crippen LogP contribution in [0, 0.1) is 0 Å². The highest BCUT2D eigenvalue weighted by atomic mass is 32.2. The number of ketones is 1. The SMILES string of the molecule is CC(=O)CN(c1ccccc1)S(=O)(=O)c1ccccc1. The largest absolute Gasteiger partial charge is 0.298 e. The molecule has 0 saturated carbocycles. The summed E-state index contributed by atoms with van der Waals surface area (Å²) in [5.74, 6) is -0.214. The highest BCUT2D eigenvalue weighted by Crippen LogP contribution is 2.22. The quantitative estimate of drug-likeness (QED) is 0.849. The third-order valence-electron chi connectivity index (χ3n) is 2.74. The van der Waals surface area contributed by atoms with E-state index in [0.717, 1.165) is 4.31 Å². The zero-order valence-corrected chi connectivity index (χ0v) is 11.9. The van der Waals surface area contributed by atoms with Crippen molar-refractivity contribution >= 4 is 21.5 Å². The Morgan fingerprint density at radius 1 is 0.950 bits per heavy atom. The molecule has 20 heavy (non-hydrogen) atoms. The van der Waals surface area contributed by atoms with E-state index in [1.807, 2.05) is 0 Å². The molecule has 0 aromatic heterocycles. The molecule has 0 heterocycles. The Kier molecular flexibility index (Phi) is 4.20. The van der Waals surface area contributed by atoms with Crippen LogP contribution in [0.25, 0.3) is 0 Å². The van der Waals surface area contributed by atoms with Crippen LogP contribution in [-0.2, 0) is 14.8 Å². The number of rotatable bonds is 5. The first-order chi connectivity index (χ1) is 9.51. The fraction of sp³-hybridized carbons (Fsp3) is 0.133. The monoisotopic (exact) mass is 289 g/mol. The predicted octanol–water partition coefficient (Wildman–Crippen LogP) is 2.47. The first-order valence-corrected chi connectivity index (χ1v) is 7.58. The molecule has 0 radical (unpaired) electrons. The number of benzene rings is 2. The van der Waals surface area contributed by atoms with Crippen LogP contribution in [0.4, 0.5) is 5.69 Å². The van der Waals surface area contributed by atoms with Crippen LogP contribution in [-0.4, -0.2) is 20.7 Å². The highest BCUT2D eigenvalue weighted by Gasteiger charge is 2.25. The molecule has 2 aromatic carbocycles. The van der Waals surface area contributed by atoms with Gasteiger partial charge in [-0.1, -0.05) is 36.4 Å². The van der Waals surface area contributed by atoms with Crippen molar-refractivity contribution in [2.45, 2.75) is 11.8 Å². The number of hydrogen-bond donors (Lipinski definition) is 0. The van der Waals surface area contributed by atoms with Crippen molar-refractivity contribution in [1.29, 1.82) is 0 Å². The minimum absolute atomic E-state index is 0.171. The lowest BCUT2D eigenvalue weighted by atomic mass is 10.3. The van der Waals surface area contributed by atoms with Gasteiger partial charge in [0.05, 0.1) is 17.1 Å². The van der Waals surface area contributed by atoms with E-state index >= 15 is 0 Å². The number of sulfonamides is 1. The van der Waals surface area contributed by atoms with Crippen molar-refractivity contribution in [2.24, 2.45) is 0 Å². The van der Waals surface area contributed by atoms with E-state index < -0.39 is 10.0 Å². The summed E-state index contributed by atoms with van der Waals surface area (Å²) in [4.78, 5) is 11.6. The number of hydrogen-bond acceptors (Lipinski definition) is 3. The van der Waals surface area contributed by atoms with Gasteiger partial charge in [-0.2, -0.15) is 0 Å². The molecule has 2 rings (SSSR count). The van der Waals surface area contributed by atoms with Crippen LogP contribution < -0.4 is 4.31 Å². The Balaban J connectivity index is 2.49. The summed E-state index contributed by atoms with van der Waals surface area (Å²) >= 11 is 0. The van der Waals surface area contributed by atoms with Gasteiger partial charge in [0.25, 0.3) is 10.0 Å². The minimum atomic E-state index is -3.74. The number of para-hydroxylation sites is 1. The summed E-state index contributed by atoms with van der Waals surface area (Å²) in [6.07, 6.45) is 0. The molecule has 0 aliphatic carbocycles. The molecule has 104 valence electrons. The first kappa shape index (κ1) is 14.3. The minimum Gasteiger partial charge on any atom is -0.298 e. The normalized spacial score (nSPS) is 11.1. The highest BCUT2D eigenvalue weighted by molar-refractivity contribution is 7.92. The fourth-order valence-corrected chi connectivity index (χ4v) is 3.34. The maximum absolute atomic E-state index is 12.6. The summed E-state index contributed by atoms with van der Waals surface area (Å²) in [6.45, 7) is 1.19. The van der Waals surface area contributed by atoms with Crippen LogP contribution in [0.2, 0.25) is 0 Å². The van der Waals surface area contributed by atoms with Crippen LogP contribution >= 0.6 is 0 Å². The molecule has 2 aromatic rings. The molecule has 0 atom stereocenters. The summed E-state index contributed by atoms with van der Waals surface area (Å²) in [5.41, 5.74) is 0.478. The number of nitrogens with zero attached hydrogens (tertiary/aromatic N) is 1. The topological polar surface area (TPSA) is 54.5 Å². The van der Waals surface area contributed by atoms with Gasteiger partial charge in [-0.05, 0) is 31.2 Å². The number of anilines is 1. The Bertz CT molecular complexity index is 682. The molecule has 0 spiro atoms. The first-order valence-electron chi connectivity index (χ1n) is 6.14. The summed E-state index contributed by atoms with van der Waals surface area (Å²) in [6, 6.07) is 16.7. The van der Waals surface area contributed by atoms with Crippen molar-refractivity contribution in [1.82, 2.24) is 0 Å². The van der Waals surface area contributed by atoms with Gasteiger partial charge in [0, 0.05) is 0 Å². The van der Waals surface area contributed by atoms with Gasteiger partial charge >= 0.3 is 0 Å². The molecule has 0 bridgehead atoms. The van der Waals surface area contributed by atoms with Gasteiger partial charge < -0.3 is 0 Å². The van der Waals surface area contributed by atoms with Gasteiger partial charge in [0.15, 0.2) is 0 Å². The molecular weight excluding hydrogens is 274 g/mol. The van der Waals surface area contributed by atoms with Crippen LogP contribution in [0.3, 0.4) is 0 Å². The fourth-order valence-electron chi connectivity index (χ4n) is 1.83. The summed E-state index contributed by atoms with van der Waals surface area (Å²) in [7, 11) is -3.74. The Morgan fingerprint density at radius 3 is 1.95 bits per heavy atom. The molecule has 5 heteroatoms. The lowest BCUT2D eigenvalue weighted by Gasteiger charge is -2.23. The van der Waals surface area contributed by atoms with Crippen molar-refractivity contribution < 1.29 is 13.2 Å². The average Bonchev–Trinajstić information content (AvgIpc) is 2.46. The van der Waals surface area contributed by atoms with E-state index in [-0.39, 0.29) is 17.2 Å². The van der Waals surface area contributed by atoms with E-state index in [1.165, 1.54) is 19.1 Å². The van der Waals surface area contributed by atoms with Crippen molar-refractivity contribution in [3.05, 3.63) is 60.7 Å². The molecule has 4 nitrogen and oxygen atoms in total. The second-order valence-corrected chi connectivity index (χ2v) is 6.22. The Morgan fingerprint density at radius 2 is 1.45 bits per heavy atom. The van der Waals surface area contributed by atoms with Gasteiger partial charge in [0.2, 0.25) is 0 Å². The molecular formula is C15H15NO3S. The molecule has 0 fully saturated rings. The molecule has 0 aliphatic rings. The summed E-state index contributed by atoms with van der Waals surface area (Å²) in [5, 5.41) is 0. The predicted molar refractivity (Wildman–Crippen MR) is 78.1 cm³/mol. The lowest BCUT2D eigenvalue weighted by molar-refractivity contribution is -0.115. The van der Waals surface area contributed by atoms with Crippen LogP contribution in [0.15, 0.2) is 65.6 Å². The van der Waals surface area contributed by atoms with Crippen molar-refractivity contribution in [2.75, 3.05) is 10.8 Å². The van der Waals surface area contributed by atoms with E-state index in [2.05, 4.69) is 0 Å². The maximum Gasteiger partial charge on any atom is 0.264 e. The van der Waals surface area contributed by atoms with E-state index in [4.69, 9.17) is 0 Å². The Labute approximate surface area is 118 Å². The second-order valence-electron chi connectivity index (χ2n) is 4.36. The van der Waals surface area contributed by atoms with Gasteiger partial charge in [-0.15, -0.1) is 0 Å². The third kappa shape index (κ3) is 3.05. The molecule has 0 unspecified atom stereocenters. The average molecular weight is 289 g/mol. The van der Waals surface area contributed by atoms with Crippen molar-refractivity contribution in [3.8, 4) is 0 Å². The van der Waals surface area contributed by atoms with E-state index in [0.29, 0.717) is 5.69 Å². The zero-order chi connectivity index (χ0) is 14.6. The number of carbonyl (C=O) groups excluding carboxylic acids is 1.